The topological polar surface area (TPSA) is 114 Å². The number of rotatable bonds is 15. The lowest BCUT2D eigenvalue weighted by Crippen LogP contribution is -2.52. The number of amides is 2. The molecule has 4 aromatic rings. The quantitative estimate of drug-likeness (QED) is 0.199. The van der Waals surface area contributed by atoms with Crippen molar-refractivity contribution in [3.05, 3.63) is 126 Å². The maximum absolute atomic E-state index is 13.9. The summed E-state index contributed by atoms with van der Waals surface area (Å²) in [4.78, 5) is 29.4. The highest BCUT2D eigenvalue weighted by molar-refractivity contribution is 7.89. The average molecular weight is 690 g/mol. The van der Waals surface area contributed by atoms with Gasteiger partial charge < -0.3 is 24.4 Å². The minimum Gasteiger partial charge on any atom is -0.497 e. The number of hydrogen-bond donors (Lipinski definition) is 1. The number of halogens is 1. The van der Waals surface area contributed by atoms with Crippen molar-refractivity contribution < 1.29 is 36.6 Å². The van der Waals surface area contributed by atoms with Crippen LogP contribution in [0.4, 0.5) is 4.39 Å². The van der Waals surface area contributed by atoms with Crippen molar-refractivity contribution in [1.82, 2.24) is 14.5 Å². The summed E-state index contributed by atoms with van der Waals surface area (Å²) in [6.07, 6.45) is 0.802. The van der Waals surface area contributed by atoms with E-state index < -0.39 is 34.4 Å². The number of morpholine rings is 1. The SMILES string of the molecule is COc1ccc(CCNC(=O)C(Cc2ccccc2)N(Cc2ccc(F)cc2)C(=O)COc2ccc(S(=O)(=O)N3CCOCC3)cc2)cc1. The normalized spacial score (nSPS) is 14.1. The zero-order chi connectivity index (χ0) is 34.6. The fraction of sp³-hybridized carbons (Fsp3) is 0.297. The molecule has 10 nitrogen and oxygen atoms in total. The minimum absolute atomic E-state index is 0.0304. The lowest BCUT2D eigenvalue weighted by atomic mass is 10.0. The summed E-state index contributed by atoms with van der Waals surface area (Å²) in [6, 6.07) is 27.7. The molecular formula is C37H40FN3O7S. The molecule has 1 fully saturated rings. The number of methoxy groups -OCH3 is 1. The first kappa shape index (κ1) is 35.5. The molecule has 0 aliphatic carbocycles. The molecule has 0 radical (unpaired) electrons. The van der Waals surface area contributed by atoms with E-state index in [-0.39, 0.29) is 36.9 Å². The number of hydrogen-bond acceptors (Lipinski definition) is 7. The van der Waals surface area contributed by atoms with Crippen LogP contribution in [0.25, 0.3) is 0 Å². The van der Waals surface area contributed by atoms with Gasteiger partial charge in [-0.05, 0) is 71.6 Å². The van der Waals surface area contributed by atoms with Crippen molar-refractivity contribution in [3.8, 4) is 11.5 Å². The molecule has 1 aliphatic rings. The van der Waals surface area contributed by atoms with Gasteiger partial charge in [-0.3, -0.25) is 9.59 Å². The van der Waals surface area contributed by atoms with E-state index in [4.69, 9.17) is 14.2 Å². The van der Waals surface area contributed by atoms with Gasteiger partial charge in [-0.2, -0.15) is 4.31 Å². The Kier molecular flexibility index (Phi) is 12.4. The van der Waals surface area contributed by atoms with Crippen molar-refractivity contribution in [2.45, 2.75) is 30.3 Å². The number of ether oxygens (including phenoxy) is 3. The van der Waals surface area contributed by atoms with Crippen LogP contribution in [0.1, 0.15) is 16.7 Å². The molecule has 49 heavy (non-hydrogen) atoms. The highest BCUT2D eigenvalue weighted by atomic mass is 32.2. The summed E-state index contributed by atoms with van der Waals surface area (Å²) in [6.45, 7) is 1.18. The van der Waals surface area contributed by atoms with Crippen LogP contribution < -0.4 is 14.8 Å². The van der Waals surface area contributed by atoms with Crippen LogP contribution in [-0.2, 0) is 43.7 Å². The van der Waals surface area contributed by atoms with E-state index in [0.29, 0.717) is 37.5 Å². The second kappa shape index (κ2) is 17.0. The lowest BCUT2D eigenvalue weighted by molar-refractivity contribution is -0.142. The molecule has 1 unspecified atom stereocenters. The van der Waals surface area contributed by atoms with Gasteiger partial charge in [0.15, 0.2) is 6.61 Å². The third-order valence-electron chi connectivity index (χ3n) is 8.20. The molecule has 5 rings (SSSR count). The van der Waals surface area contributed by atoms with Crippen molar-refractivity contribution in [2.75, 3.05) is 46.6 Å². The Labute approximate surface area is 286 Å². The Morgan fingerprint density at radius 3 is 2.14 bits per heavy atom. The zero-order valence-corrected chi connectivity index (χ0v) is 28.1. The molecule has 2 amide bonds. The maximum Gasteiger partial charge on any atom is 0.261 e. The number of benzene rings is 4. The van der Waals surface area contributed by atoms with Crippen LogP contribution in [0, 0.1) is 5.82 Å². The average Bonchev–Trinajstić information content (AvgIpc) is 3.14. The first-order valence-electron chi connectivity index (χ1n) is 16.0. The third kappa shape index (κ3) is 9.88. The van der Waals surface area contributed by atoms with Crippen LogP contribution in [0.2, 0.25) is 0 Å². The second-order valence-corrected chi connectivity index (χ2v) is 13.5. The molecule has 1 heterocycles. The van der Waals surface area contributed by atoms with E-state index in [1.165, 1.54) is 45.6 Å². The van der Waals surface area contributed by atoms with Gasteiger partial charge in [0.25, 0.3) is 5.91 Å². The fourth-order valence-corrected chi connectivity index (χ4v) is 6.86. The van der Waals surface area contributed by atoms with E-state index in [2.05, 4.69) is 5.32 Å². The zero-order valence-electron chi connectivity index (χ0n) is 27.3. The highest BCUT2D eigenvalue weighted by Gasteiger charge is 2.31. The van der Waals surface area contributed by atoms with Crippen molar-refractivity contribution >= 4 is 21.8 Å². The van der Waals surface area contributed by atoms with E-state index in [1.54, 1.807) is 19.2 Å². The monoisotopic (exact) mass is 689 g/mol. The third-order valence-corrected chi connectivity index (χ3v) is 10.1. The van der Waals surface area contributed by atoms with Gasteiger partial charge in [0.1, 0.15) is 23.4 Å². The Morgan fingerprint density at radius 2 is 1.49 bits per heavy atom. The van der Waals surface area contributed by atoms with E-state index in [9.17, 15) is 22.4 Å². The first-order valence-corrected chi connectivity index (χ1v) is 17.5. The number of nitrogens with one attached hydrogen (secondary N) is 1. The van der Waals surface area contributed by atoms with Crippen LogP contribution >= 0.6 is 0 Å². The van der Waals surface area contributed by atoms with Crippen molar-refractivity contribution in [2.24, 2.45) is 0 Å². The van der Waals surface area contributed by atoms with Gasteiger partial charge in [0.05, 0.1) is 25.2 Å². The Balaban J connectivity index is 1.33. The van der Waals surface area contributed by atoms with Gasteiger partial charge in [-0.15, -0.1) is 0 Å². The molecule has 12 heteroatoms. The number of sulfonamides is 1. The Morgan fingerprint density at radius 1 is 0.857 bits per heavy atom. The predicted molar refractivity (Wildman–Crippen MR) is 182 cm³/mol. The summed E-state index contributed by atoms with van der Waals surface area (Å²) in [5.74, 6) is -0.200. The molecule has 1 N–H and O–H groups in total. The molecular weight excluding hydrogens is 649 g/mol. The molecule has 258 valence electrons. The highest BCUT2D eigenvalue weighted by Crippen LogP contribution is 2.22. The van der Waals surface area contributed by atoms with Gasteiger partial charge >= 0.3 is 0 Å². The van der Waals surface area contributed by atoms with Crippen LogP contribution in [0.15, 0.2) is 108 Å². The summed E-state index contributed by atoms with van der Waals surface area (Å²) in [5, 5.41) is 3.00. The maximum atomic E-state index is 13.9. The minimum atomic E-state index is -3.69. The fourth-order valence-electron chi connectivity index (χ4n) is 5.45. The molecule has 0 bridgehead atoms. The number of carbonyl (C=O) groups excluding carboxylic acids is 2. The van der Waals surface area contributed by atoms with Gasteiger partial charge in [-0.25, -0.2) is 12.8 Å². The summed E-state index contributed by atoms with van der Waals surface area (Å²) in [5.41, 5.74) is 2.50. The number of nitrogens with zero attached hydrogens (tertiary/aromatic N) is 2. The van der Waals surface area contributed by atoms with E-state index in [0.717, 1.165) is 16.9 Å². The van der Waals surface area contributed by atoms with Crippen LogP contribution in [0.3, 0.4) is 0 Å². The molecule has 1 aliphatic heterocycles. The van der Waals surface area contributed by atoms with Crippen LogP contribution in [-0.4, -0.2) is 82.0 Å². The van der Waals surface area contributed by atoms with Gasteiger partial charge in [0, 0.05) is 32.6 Å². The molecule has 0 aromatic heterocycles. The number of carbonyl (C=O) groups is 2. The summed E-state index contributed by atoms with van der Waals surface area (Å²) >= 11 is 0. The molecule has 0 saturated carbocycles. The second-order valence-electron chi connectivity index (χ2n) is 11.5. The predicted octanol–water partition coefficient (Wildman–Crippen LogP) is 4.23. The summed E-state index contributed by atoms with van der Waals surface area (Å²) < 4.78 is 57.5. The van der Waals surface area contributed by atoms with Crippen molar-refractivity contribution in [1.29, 1.82) is 0 Å². The van der Waals surface area contributed by atoms with Gasteiger partial charge in [-0.1, -0.05) is 54.6 Å². The van der Waals surface area contributed by atoms with Crippen LogP contribution in [0.5, 0.6) is 11.5 Å². The lowest BCUT2D eigenvalue weighted by Gasteiger charge is -2.31. The van der Waals surface area contributed by atoms with E-state index in [1.807, 2.05) is 54.6 Å². The smallest absolute Gasteiger partial charge is 0.261 e. The standard InChI is InChI=1S/C37H40FN3O7S/c1-46-32-13-9-28(10-14-32)19-20-39-37(43)35(25-29-5-3-2-4-6-29)41(26-30-7-11-31(38)12-8-30)36(42)27-48-33-15-17-34(18-16-33)49(44,45)40-21-23-47-24-22-40/h2-18,35H,19-27H2,1H3,(H,39,43). The van der Waals surface area contributed by atoms with Gasteiger partial charge in [0.2, 0.25) is 15.9 Å². The largest absolute Gasteiger partial charge is 0.497 e. The Bertz CT molecular complexity index is 1770. The van der Waals surface area contributed by atoms with E-state index >= 15 is 0 Å². The molecule has 0 spiro atoms. The summed E-state index contributed by atoms with van der Waals surface area (Å²) in [7, 11) is -2.10. The molecule has 1 saturated heterocycles. The van der Waals surface area contributed by atoms with Crippen molar-refractivity contribution in [3.63, 3.8) is 0 Å². The molecule has 1 atom stereocenters. The molecule has 4 aromatic carbocycles. The first-order chi connectivity index (χ1) is 23.7. The Hall–Kier alpha value is -4.78.